The molecular formula is C16H14N2O6. The molecule has 24 heavy (non-hydrogen) atoms. The molecule has 0 aliphatic carbocycles. The second-order valence-corrected chi connectivity index (χ2v) is 5.30. The number of aromatic carboxylic acids is 1. The van der Waals surface area contributed by atoms with E-state index in [9.17, 15) is 19.5 Å². The third-order valence-electron chi connectivity index (χ3n) is 3.94. The van der Waals surface area contributed by atoms with E-state index < -0.39 is 28.6 Å². The van der Waals surface area contributed by atoms with E-state index >= 15 is 0 Å². The average molecular weight is 330 g/mol. The number of aryl methyl sites for hydroxylation is 1. The topological polar surface area (TPSA) is 126 Å². The molecular weight excluding hydrogens is 316 g/mol. The van der Waals surface area contributed by atoms with Crippen LogP contribution in [-0.4, -0.2) is 25.7 Å². The number of aromatic amines is 1. The van der Waals surface area contributed by atoms with Crippen molar-refractivity contribution in [3.8, 4) is 17.0 Å². The maximum atomic E-state index is 12.0. The van der Waals surface area contributed by atoms with Gasteiger partial charge in [-0.3, -0.25) is 9.36 Å². The molecule has 0 fully saturated rings. The molecule has 0 saturated heterocycles. The van der Waals surface area contributed by atoms with E-state index in [0.29, 0.717) is 34.3 Å². The summed E-state index contributed by atoms with van der Waals surface area (Å²) in [7, 11) is 1.57. The fraction of sp³-hybridized carbons (Fsp3) is 0.188. The van der Waals surface area contributed by atoms with E-state index in [1.54, 1.807) is 32.2 Å². The molecule has 0 aliphatic rings. The zero-order valence-corrected chi connectivity index (χ0v) is 12.9. The lowest BCUT2D eigenvalue weighted by Crippen LogP contribution is -2.20. The molecule has 1 aromatic carbocycles. The molecule has 0 atom stereocenters. The summed E-state index contributed by atoms with van der Waals surface area (Å²) < 4.78 is 6.46. The number of H-pyrrole nitrogens is 1. The summed E-state index contributed by atoms with van der Waals surface area (Å²) in [6.45, 7) is 1.73. The standard InChI is InChI=1S/C16H14N2O6/c1-3-8-12(17-14(20)11(13(8)19)15(21)22)7-4-5-9-10(6-7)24-16(23)18(9)2/h4-6H,3H2,1-2H3,(H,21,22)(H2,17,19,20). The van der Waals surface area contributed by atoms with Crippen LogP contribution in [0.1, 0.15) is 22.8 Å². The molecule has 124 valence electrons. The Kier molecular flexibility index (Phi) is 3.52. The van der Waals surface area contributed by atoms with Crippen molar-refractivity contribution in [3.05, 3.63) is 50.2 Å². The number of rotatable bonds is 3. The third-order valence-corrected chi connectivity index (χ3v) is 3.94. The second kappa shape index (κ2) is 5.41. The highest BCUT2D eigenvalue weighted by molar-refractivity contribution is 5.92. The van der Waals surface area contributed by atoms with Crippen molar-refractivity contribution in [3.63, 3.8) is 0 Å². The van der Waals surface area contributed by atoms with Crippen LogP contribution in [-0.2, 0) is 13.5 Å². The highest BCUT2D eigenvalue weighted by atomic mass is 16.4. The number of hydrogen-bond acceptors (Lipinski definition) is 5. The van der Waals surface area contributed by atoms with E-state index in [1.807, 2.05) is 0 Å². The van der Waals surface area contributed by atoms with Crippen LogP contribution >= 0.6 is 0 Å². The van der Waals surface area contributed by atoms with Gasteiger partial charge in [0.25, 0.3) is 5.56 Å². The van der Waals surface area contributed by atoms with E-state index in [0.717, 1.165) is 0 Å². The third kappa shape index (κ3) is 2.19. The minimum atomic E-state index is -1.50. The minimum absolute atomic E-state index is 0.290. The van der Waals surface area contributed by atoms with Gasteiger partial charge in [-0.1, -0.05) is 13.0 Å². The van der Waals surface area contributed by atoms with Gasteiger partial charge in [0.1, 0.15) is 5.75 Å². The summed E-state index contributed by atoms with van der Waals surface area (Å²) >= 11 is 0. The maximum absolute atomic E-state index is 12.0. The van der Waals surface area contributed by atoms with Gasteiger partial charge in [-0.05, 0) is 18.6 Å². The molecule has 8 nitrogen and oxygen atoms in total. The first kappa shape index (κ1) is 15.6. The monoisotopic (exact) mass is 330 g/mol. The van der Waals surface area contributed by atoms with E-state index in [4.69, 9.17) is 9.52 Å². The normalized spacial score (nSPS) is 11.1. The molecule has 0 amide bonds. The Bertz CT molecular complexity index is 1090. The number of fused-ring (bicyclic) bond motifs is 1. The first-order chi connectivity index (χ1) is 11.3. The van der Waals surface area contributed by atoms with Gasteiger partial charge < -0.3 is 19.6 Å². The Balaban J connectivity index is 2.32. The Labute approximate surface area is 134 Å². The van der Waals surface area contributed by atoms with Crippen molar-refractivity contribution in [2.45, 2.75) is 13.3 Å². The predicted octanol–water partition coefficient (Wildman–Crippen LogP) is 1.45. The fourth-order valence-electron chi connectivity index (χ4n) is 2.71. The van der Waals surface area contributed by atoms with Crippen molar-refractivity contribution in [2.75, 3.05) is 0 Å². The van der Waals surface area contributed by atoms with Crippen molar-refractivity contribution in [2.24, 2.45) is 7.05 Å². The van der Waals surface area contributed by atoms with Crippen LogP contribution in [0, 0.1) is 0 Å². The molecule has 3 aromatic rings. The molecule has 3 rings (SSSR count). The molecule has 0 saturated carbocycles. The Morgan fingerprint density at radius 1 is 1.33 bits per heavy atom. The molecule has 0 spiro atoms. The Morgan fingerprint density at radius 2 is 2.04 bits per heavy atom. The van der Waals surface area contributed by atoms with Crippen molar-refractivity contribution < 1.29 is 19.4 Å². The van der Waals surface area contributed by atoms with E-state index in [1.165, 1.54) is 4.57 Å². The number of pyridine rings is 1. The summed E-state index contributed by atoms with van der Waals surface area (Å²) in [6, 6.07) is 4.86. The van der Waals surface area contributed by atoms with Crippen LogP contribution in [0.4, 0.5) is 0 Å². The zero-order valence-electron chi connectivity index (χ0n) is 12.9. The van der Waals surface area contributed by atoms with Crippen molar-refractivity contribution in [1.29, 1.82) is 0 Å². The Hall–Kier alpha value is -3.29. The number of carboxylic acids is 1. The van der Waals surface area contributed by atoms with Gasteiger partial charge in [0.05, 0.1) is 11.2 Å². The molecule has 0 radical (unpaired) electrons. The highest BCUT2D eigenvalue weighted by Crippen LogP contribution is 2.31. The van der Waals surface area contributed by atoms with Crippen LogP contribution in [0.2, 0.25) is 0 Å². The van der Waals surface area contributed by atoms with Crippen LogP contribution in [0.3, 0.4) is 0 Å². The average Bonchev–Trinajstić information content (AvgIpc) is 2.80. The van der Waals surface area contributed by atoms with Crippen molar-refractivity contribution >= 4 is 17.1 Å². The molecule has 0 aliphatic heterocycles. The molecule has 3 N–H and O–H groups in total. The number of nitrogens with zero attached hydrogens (tertiary/aromatic N) is 1. The van der Waals surface area contributed by atoms with Gasteiger partial charge in [-0.15, -0.1) is 0 Å². The summed E-state index contributed by atoms with van der Waals surface area (Å²) in [5.74, 6) is -2.58. The van der Waals surface area contributed by atoms with E-state index in [2.05, 4.69) is 4.98 Å². The number of hydrogen-bond donors (Lipinski definition) is 3. The largest absolute Gasteiger partial charge is 0.506 e. The summed E-state index contributed by atoms with van der Waals surface area (Å²) in [4.78, 5) is 37.2. The molecule has 0 bridgehead atoms. The summed E-state index contributed by atoms with van der Waals surface area (Å²) in [6.07, 6.45) is 0.301. The highest BCUT2D eigenvalue weighted by Gasteiger charge is 2.22. The fourth-order valence-corrected chi connectivity index (χ4v) is 2.71. The van der Waals surface area contributed by atoms with Gasteiger partial charge in [0.15, 0.2) is 11.1 Å². The van der Waals surface area contributed by atoms with Gasteiger partial charge in [-0.2, -0.15) is 0 Å². The van der Waals surface area contributed by atoms with Gasteiger partial charge in [0.2, 0.25) is 0 Å². The minimum Gasteiger partial charge on any atom is -0.506 e. The quantitative estimate of drug-likeness (QED) is 0.667. The van der Waals surface area contributed by atoms with Crippen molar-refractivity contribution in [1.82, 2.24) is 9.55 Å². The molecule has 2 aromatic heterocycles. The van der Waals surface area contributed by atoms with Crippen LogP contribution < -0.4 is 11.3 Å². The predicted molar refractivity (Wildman–Crippen MR) is 85.5 cm³/mol. The van der Waals surface area contributed by atoms with Crippen LogP contribution in [0.5, 0.6) is 5.75 Å². The molecule has 8 heteroatoms. The SMILES string of the molecule is CCc1c(-c2ccc3c(c2)oc(=O)n3C)[nH]c(=O)c(C(=O)O)c1O. The summed E-state index contributed by atoms with van der Waals surface area (Å²) in [5, 5.41) is 19.2. The lowest BCUT2D eigenvalue weighted by molar-refractivity contribution is 0.0691. The number of nitrogens with one attached hydrogen (secondary N) is 1. The smallest absolute Gasteiger partial charge is 0.419 e. The van der Waals surface area contributed by atoms with Crippen LogP contribution in [0.25, 0.3) is 22.4 Å². The lowest BCUT2D eigenvalue weighted by Gasteiger charge is -2.12. The maximum Gasteiger partial charge on any atom is 0.419 e. The number of benzene rings is 1. The van der Waals surface area contributed by atoms with E-state index in [-0.39, 0.29) is 0 Å². The van der Waals surface area contributed by atoms with Gasteiger partial charge in [-0.25, -0.2) is 9.59 Å². The van der Waals surface area contributed by atoms with Gasteiger partial charge in [0, 0.05) is 18.2 Å². The number of oxazole rings is 1. The van der Waals surface area contributed by atoms with Gasteiger partial charge >= 0.3 is 11.7 Å². The van der Waals surface area contributed by atoms with Crippen LogP contribution in [0.15, 0.2) is 32.2 Å². The number of aromatic nitrogens is 2. The first-order valence-corrected chi connectivity index (χ1v) is 7.16. The number of carboxylic acid groups (broad SMARTS) is 1. The molecule has 0 unspecified atom stereocenters. The first-order valence-electron chi connectivity index (χ1n) is 7.16. The molecule has 2 heterocycles. The number of carbonyl (C=O) groups is 1. The second-order valence-electron chi connectivity index (χ2n) is 5.30. The zero-order chi connectivity index (χ0) is 17.6. The number of aromatic hydroxyl groups is 1. The summed E-state index contributed by atoms with van der Waals surface area (Å²) in [5.41, 5.74) is 0.394. The Morgan fingerprint density at radius 3 is 2.67 bits per heavy atom. The lowest BCUT2D eigenvalue weighted by atomic mass is 10.0.